The molecule has 0 aromatic heterocycles. The van der Waals surface area contributed by atoms with Gasteiger partial charge >= 0.3 is 0 Å². The molecule has 1 aliphatic rings. The molecule has 0 heterocycles. The van der Waals surface area contributed by atoms with Crippen LogP contribution in [0.4, 0.5) is 0 Å². The third-order valence-corrected chi connectivity index (χ3v) is 2.96. The van der Waals surface area contributed by atoms with Gasteiger partial charge in [-0.2, -0.15) is 0 Å². The van der Waals surface area contributed by atoms with Crippen LogP contribution in [0, 0.1) is 0 Å². The molecule has 0 saturated heterocycles. The van der Waals surface area contributed by atoms with Gasteiger partial charge in [-0.1, -0.05) is 30.3 Å². The van der Waals surface area contributed by atoms with Crippen LogP contribution in [0.1, 0.15) is 17.9 Å². The Balaban J connectivity index is 1.93. The Morgan fingerprint density at radius 1 is 1.47 bits per heavy atom. The Morgan fingerprint density at radius 2 is 2.13 bits per heavy atom. The van der Waals surface area contributed by atoms with Gasteiger partial charge < -0.3 is 5.73 Å². The zero-order valence-corrected chi connectivity index (χ0v) is 8.89. The van der Waals surface area contributed by atoms with E-state index in [-0.39, 0.29) is 5.91 Å². The summed E-state index contributed by atoms with van der Waals surface area (Å²) in [4.78, 5) is 12.8. The van der Waals surface area contributed by atoms with Crippen molar-refractivity contribution in [3.8, 4) is 0 Å². The van der Waals surface area contributed by atoms with Crippen LogP contribution in [0.25, 0.3) is 0 Å². The van der Waals surface area contributed by atoms with Gasteiger partial charge in [-0.25, -0.2) is 0 Å². The number of hydrogen-bond acceptors (Lipinski definition) is 2. The number of nitrogens with two attached hydrogens (primary N) is 1. The predicted octanol–water partition coefficient (Wildman–Crippen LogP) is 0.960. The Bertz CT molecular complexity index is 350. The molecule has 0 aliphatic heterocycles. The van der Waals surface area contributed by atoms with E-state index in [2.05, 4.69) is 24.3 Å². The fourth-order valence-electron chi connectivity index (χ4n) is 2.09. The first-order valence-electron chi connectivity index (χ1n) is 5.22. The highest BCUT2D eigenvalue weighted by atomic mass is 16.1. The van der Waals surface area contributed by atoms with Crippen LogP contribution < -0.4 is 5.73 Å². The van der Waals surface area contributed by atoms with Crippen molar-refractivity contribution in [2.24, 2.45) is 5.73 Å². The lowest BCUT2D eigenvalue weighted by Gasteiger charge is -2.14. The number of rotatable bonds is 4. The van der Waals surface area contributed by atoms with Crippen molar-refractivity contribution in [2.75, 3.05) is 13.6 Å². The maximum Gasteiger partial charge on any atom is 0.231 e. The fraction of sp³-hybridized carbons (Fsp3) is 0.417. The Kier molecular flexibility index (Phi) is 2.73. The number of nitrogens with zero attached hydrogens (tertiary/aromatic N) is 1. The Morgan fingerprint density at radius 3 is 2.73 bits per heavy atom. The summed E-state index contributed by atoms with van der Waals surface area (Å²) in [5.74, 6) is 0.326. The second-order valence-corrected chi connectivity index (χ2v) is 4.20. The molecule has 2 N–H and O–H groups in total. The molecule has 0 unspecified atom stereocenters. The Labute approximate surface area is 89.9 Å². The van der Waals surface area contributed by atoms with E-state index < -0.39 is 0 Å². The first-order valence-corrected chi connectivity index (χ1v) is 5.22. The highest BCUT2D eigenvalue weighted by Gasteiger charge is 2.41. The normalized spacial score (nSPS) is 24.1. The van der Waals surface area contributed by atoms with E-state index in [1.165, 1.54) is 5.56 Å². The number of carbonyl (C=O) groups is 1. The molecule has 1 aromatic carbocycles. The topological polar surface area (TPSA) is 46.3 Å². The minimum atomic E-state index is -0.254. The number of benzene rings is 1. The van der Waals surface area contributed by atoms with Gasteiger partial charge in [-0.05, 0) is 19.0 Å². The van der Waals surface area contributed by atoms with E-state index in [4.69, 9.17) is 5.73 Å². The third kappa shape index (κ3) is 2.36. The minimum absolute atomic E-state index is 0.254. The summed E-state index contributed by atoms with van der Waals surface area (Å²) in [5.41, 5.74) is 6.52. The lowest BCUT2D eigenvalue weighted by molar-refractivity contribution is -0.119. The molecule has 1 amide bonds. The summed E-state index contributed by atoms with van der Waals surface area (Å²) in [5, 5.41) is 0. The summed E-state index contributed by atoms with van der Waals surface area (Å²) in [6.07, 6.45) is 1.13. The lowest BCUT2D eigenvalue weighted by atomic mass is 10.1. The minimum Gasteiger partial charge on any atom is -0.369 e. The van der Waals surface area contributed by atoms with Crippen LogP contribution in [0.15, 0.2) is 30.3 Å². The van der Waals surface area contributed by atoms with Crippen LogP contribution in [-0.2, 0) is 4.79 Å². The van der Waals surface area contributed by atoms with E-state index >= 15 is 0 Å². The molecule has 1 aliphatic carbocycles. The first-order chi connectivity index (χ1) is 7.18. The molecule has 3 nitrogen and oxygen atoms in total. The second kappa shape index (κ2) is 4.03. The van der Waals surface area contributed by atoms with Crippen molar-refractivity contribution in [3.05, 3.63) is 35.9 Å². The standard InChI is InChI=1S/C12H16N2O/c1-14(8-12(13)15)11-7-10(11)9-5-3-2-4-6-9/h2-6,10-11H,7-8H2,1H3,(H2,13,15)/t10-,11+/m0/s1. The highest BCUT2D eigenvalue weighted by molar-refractivity contribution is 5.76. The third-order valence-electron chi connectivity index (χ3n) is 2.96. The molecule has 1 fully saturated rings. The summed E-state index contributed by atoms with van der Waals surface area (Å²) in [6, 6.07) is 10.9. The van der Waals surface area contributed by atoms with Gasteiger partial charge in [0, 0.05) is 12.0 Å². The average molecular weight is 204 g/mol. The summed E-state index contributed by atoms with van der Waals surface area (Å²) < 4.78 is 0. The van der Waals surface area contributed by atoms with E-state index in [9.17, 15) is 4.79 Å². The van der Waals surface area contributed by atoms with Crippen molar-refractivity contribution in [1.29, 1.82) is 0 Å². The van der Waals surface area contributed by atoms with Gasteiger partial charge in [0.25, 0.3) is 0 Å². The SMILES string of the molecule is CN(CC(N)=O)[C@@H]1C[C@H]1c1ccccc1. The molecule has 1 aromatic rings. The molecule has 2 rings (SSSR count). The molecule has 80 valence electrons. The Hall–Kier alpha value is -1.35. The number of primary amides is 1. The summed E-state index contributed by atoms with van der Waals surface area (Å²) in [7, 11) is 1.96. The molecule has 1 saturated carbocycles. The van der Waals surface area contributed by atoms with Gasteiger partial charge in [0.2, 0.25) is 5.91 Å². The average Bonchev–Trinajstić information content (AvgIpc) is 2.97. The maximum absolute atomic E-state index is 10.8. The molecule has 2 atom stereocenters. The quantitative estimate of drug-likeness (QED) is 0.794. The number of carbonyl (C=O) groups excluding carboxylic acids is 1. The van der Waals surface area contributed by atoms with Gasteiger partial charge in [0.1, 0.15) is 0 Å². The largest absolute Gasteiger partial charge is 0.369 e. The molecule has 0 radical (unpaired) electrons. The van der Waals surface area contributed by atoms with Crippen molar-refractivity contribution in [2.45, 2.75) is 18.4 Å². The number of amides is 1. The number of hydrogen-bond donors (Lipinski definition) is 1. The summed E-state index contributed by atoms with van der Waals surface area (Å²) >= 11 is 0. The molecule has 15 heavy (non-hydrogen) atoms. The molecule has 3 heteroatoms. The highest BCUT2D eigenvalue weighted by Crippen LogP contribution is 2.43. The maximum atomic E-state index is 10.8. The van der Waals surface area contributed by atoms with Crippen LogP contribution >= 0.6 is 0 Å². The van der Waals surface area contributed by atoms with Gasteiger partial charge in [0.05, 0.1) is 6.54 Å². The van der Waals surface area contributed by atoms with E-state index in [0.717, 1.165) is 6.42 Å². The van der Waals surface area contributed by atoms with Gasteiger partial charge in [0.15, 0.2) is 0 Å². The predicted molar refractivity (Wildman–Crippen MR) is 59.4 cm³/mol. The van der Waals surface area contributed by atoms with Crippen molar-refractivity contribution in [3.63, 3.8) is 0 Å². The zero-order chi connectivity index (χ0) is 10.8. The molecular weight excluding hydrogens is 188 g/mol. The van der Waals surface area contributed by atoms with Crippen LogP contribution in [0.3, 0.4) is 0 Å². The molecule has 0 spiro atoms. The summed E-state index contributed by atoms with van der Waals surface area (Å²) in [6.45, 7) is 0.355. The van der Waals surface area contributed by atoms with Crippen molar-refractivity contribution >= 4 is 5.91 Å². The van der Waals surface area contributed by atoms with Crippen molar-refractivity contribution < 1.29 is 4.79 Å². The first kappa shape index (κ1) is 10.2. The monoisotopic (exact) mass is 204 g/mol. The number of likely N-dealkylation sites (N-methyl/N-ethyl adjacent to an activating group) is 1. The lowest BCUT2D eigenvalue weighted by Crippen LogP contribution is -2.32. The second-order valence-electron chi connectivity index (χ2n) is 4.20. The van der Waals surface area contributed by atoms with Gasteiger partial charge in [-0.3, -0.25) is 9.69 Å². The van der Waals surface area contributed by atoms with Gasteiger partial charge in [-0.15, -0.1) is 0 Å². The molecule has 0 bridgehead atoms. The fourth-order valence-corrected chi connectivity index (χ4v) is 2.09. The van der Waals surface area contributed by atoms with Crippen LogP contribution in [-0.4, -0.2) is 30.4 Å². The molecular formula is C12H16N2O. The van der Waals surface area contributed by atoms with Crippen LogP contribution in [0.2, 0.25) is 0 Å². The smallest absolute Gasteiger partial charge is 0.231 e. The van der Waals surface area contributed by atoms with Crippen LogP contribution in [0.5, 0.6) is 0 Å². The van der Waals surface area contributed by atoms with Crippen molar-refractivity contribution in [1.82, 2.24) is 4.90 Å². The van der Waals surface area contributed by atoms with E-state index in [1.807, 2.05) is 18.0 Å². The zero-order valence-electron chi connectivity index (χ0n) is 8.89. The van der Waals surface area contributed by atoms with E-state index in [0.29, 0.717) is 18.5 Å². The van der Waals surface area contributed by atoms with E-state index in [1.54, 1.807) is 0 Å².